The van der Waals surface area contributed by atoms with Gasteiger partial charge < -0.3 is 4.74 Å². The number of ether oxygens (including phenoxy) is 1. The minimum Gasteiger partial charge on any atom is -0.444 e. The minimum absolute atomic E-state index is 0. The van der Waals surface area contributed by atoms with E-state index in [4.69, 9.17) is 4.74 Å². The molecule has 1 aromatic carbocycles. The minimum atomic E-state index is -0.331. The topological polar surface area (TPSA) is 41.6 Å². The first kappa shape index (κ1) is 18.2. The number of aryl methyl sites for hydroxylation is 1. The van der Waals surface area contributed by atoms with Gasteiger partial charge in [-0.05, 0) is 61.3 Å². The average molecular weight is 379 g/mol. The van der Waals surface area contributed by atoms with Crippen LogP contribution in [-0.4, -0.2) is 36.7 Å². The van der Waals surface area contributed by atoms with E-state index in [1.165, 1.54) is 5.56 Å². The fourth-order valence-electron chi connectivity index (χ4n) is 3.77. The molecule has 2 aromatic rings. The van der Waals surface area contributed by atoms with Crippen molar-refractivity contribution in [1.82, 2.24) is 4.90 Å². The van der Waals surface area contributed by atoms with Gasteiger partial charge in [-0.15, -0.1) is 23.7 Å². The summed E-state index contributed by atoms with van der Waals surface area (Å²) in [5, 5.41) is 4.96. The standard InChI is InChI=1S/C19H22N2O2S.ClH/c1-13-4-2-3-5-15(13)18-16(8-11-24-18)20-19(22)23-17-12-21-9-6-14(17)7-10-21;/h2-5,8,11,14,17H,6-7,9-10,12H2,1H3,(H,20,22);1H. The number of thiophene rings is 1. The Kier molecular flexibility index (Phi) is 5.67. The van der Waals surface area contributed by atoms with Gasteiger partial charge in [0.15, 0.2) is 0 Å². The molecular weight excluding hydrogens is 356 g/mol. The second-order valence-corrected chi connectivity index (χ2v) is 7.60. The molecule has 3 saturated heterocycles. The maximum atomic E-state index is 12.4. The quantitative estimate of drug-likeness (QED) is 0.834. The summed E-state index contributed by atoms with van der Waals surface area (Å²) in [4.78, 5) is 15.8. The summed E-state index contributed by atoms with van der Waals surface area (Å²) >= 11 is 1.64. The molecule has 0 spiro atoms. The number of rotatable bonds is 3. The number of hydrogen-bond donors (Lipinski definition) is 1. The molecule has 2 bridgehead atoms. The van der Waals surface area contributed by atoms with Gasteiger partial charge in [0.2, 0.25) is 0 Å². The molecule has 134 valence electrons. The van der Waals surface area contributed by atoms with Crippen LogP contribution in [-0.2, 0) is 4.74 Å². The molecule has 1 N–H and O–H groups in total. The Labute approximate surface area is 158 Å². The molecular formula is C19H23ClN2O2S. The fourth-order valence-corrected chi connectivity index (χ4v) is 4.71. The number of amides is 1. The summed E-state index contributed by atoms with van der Waals surface area (Å²) in [7, 11) is 0. The summed E-state index contributed by atoms with van der Waals surface area (Å²) in [5.74, 6) is 0.527. The third-order valence-electron chi connectivity index (χ3n) is 5.15. The number of carbonyl (C=O) groups excluding carboxylic acids is 1. The van der Waals surface area contributed by atoms with Crippen LogP contribution in [0.15, 0.2) is 35.7 Å². The van der Waals surface area contributed by atoms with Gasteiger partial charge in [-0.1, -0.05) is 24.3 Å². The smallest absolute Gasteiger partial charge is 0.411 e. The van der Waals surface area contributed by atoms with Gasteiger partial charge in [-0.3, -0.25) is 10.2 Å². The molecule has 6 heteroatoms. The molecule has 1 amide bonds. The van der Waals surface area contributed by atoms with Gasteiger partial charge in [0, 0.05) is 6.54 Å². The third-order valence-corrected chi connectivity index (χ3v) is 6.09. The normalized spacial score (nSPS) is 24.4. The molecule has 1 aromatic heterocycles. The summed E-state index contributed by atoms with van der Waals surface area (Å²) < 4.78 is 5.73. The first-order valence-electron chi connectivity index (χ1n) is 8.54. The largest absolute Gasteiger partial charge is 0.444 e. The number of fused-ring (bicyclic) bond motifs is 3. The Morgan fingerprint density at radius 3 is 2.68 bits per heavy atom. The molecule has 4 heterocycles. The van der Waals surface area contributed by atoms with E-state index < -0.39 is 0 Å². The Morgan fingerprint density at radius 2 is 2.00 bits per heavy atom. The first-order valence-corrected chi connectivity index (χ1v) is 9.42. The van der Waals surface area contributed by atoms with Crippen molar-refractivity contribution in [2.24, 2.45) is 5.92 Å². The lowest BCUT2D eigenvalue weighted by molar-refractivity contribution is -0.0289. The van der Waals surface area contributed by atoms with Crippen molar-refractivity contribution >= 4 is 35.5 Å². The maximum Gasteiger partial charge on any atom is 0.411 e. The van der Waals surface area contributed by atoms with E-state index in [2.05, 4.69) is 29.3 Å². The van der Waals surface area contributed by atoms with E-state index in [1.807, 2.05) is 23.6 Å². The predicted octanol–water partition coefficient (Wildman–Crippen LogP) is 4.79. The number of piperidine rings is 3. The number of anilines is 1. The van der Waals surface area contributed by atoms with E-state index in [-0.39, 0.29) is 24.6 Å². The van der Waals surface area contributed by atoms with Crippen LogP contribution in [0.3, 0.4) is 0 Å². The number of carbonyl (C=O) groups is 1. The van der Waals surface area contributed by atoms with Gasteiger partial charge in [-0.2, -0.15) is 0 Å². The number of halogens is 1. The van der Waals surface area contributed by atoms with Crippen molar-refractivity contribution in [3.8, 4) is 10.4 Å². The van der Waals surface area contributed by atoms with E-state index in [0.29, 0.717) is 5.92 Å². The van der Waals surface area contributed by atoms with Crippen LogP contribution in [0.5, 0.6) is 0 Å². The number of nitrogens with zero attached hydrogens (tertiary/aromatic N) is 1. The van der Waals surface area contributed by atoms with Crippen LogP contribution >= 0.6 is 23.7 Å². The zero-order valence-electron chi connectivity index (χ0n) is 14.2. The highest BCUT2D eigenvalue weighted by molar-refractivity contribution is 7.14. The Balaban J connectivity index is 0.00000182. The average Bonchev–Trinajstić information content (AvgIpc) is 3.04. The van der Waals surface area contributed by atoms with Crippen molar-refractivity contribution in [3.05, 3.63) is 41.3 Å². The van der Waals surface area contributed by atoms with Crippen molar-refractivity contribution in [2.45, 2.75) is 25.9 Å². The molecule has 0 saturated carbocycles. The van der Waals surface area contributed by atoms with Crippen LogP contribution in [0, 0.1) is 12.8 Å². The molecule has 0 aliphatic carbocycles. The van der Waals surface area contributed by atoms with Gasteiger partial charge in [0.05, 0.1) is 10.6 Å². The van der Waals surface area contributed by atoms with Crippen LogP contribution in [0.1, 0.15) is 18.4 Å². The summed E-state index contributed by atoms with van der Waals surface area (Å²) in [6.07, 6.45) is 1.99. The number of hydrogen-bond acceptors (Lipinski definition) is 4. The molecule has 4 nitrogen and oxygen atoms in total. The summed E-state index contributed by atoms with van der Waals surface area (Å²) in [5.41, 5.74) is 3.19. The lowest BCUT2D eigenvalue weighted by Crippen LogP contribution is -2.52. The highest BCUT2D eigenvalue weighted by atomic mass is 35.5. The second-order valence-electron chi connectivity index (χ2n) is 6.69. The molecule has 0 radical (unpaired) electrons. The fraction of sp³-hybridized carbons (Fsp3) is 0.421. The van der Waals surface area contributed by atoms with Crippen molar-refractivity contribution in [3.63, 3.8) is 0 Å². The van der Waals surface area contributed by atoms with Gasteiger partial charge in [-0.25, -0.2) is 4.79 Å². The van der Waals surface area contributed by atoms with E-state index in [0.717, 1.165) is 48.6 Å². The molecule has 3 aliphatic rings. The van der Waals surface area contributed by atoms with Crippen molar-refractivity contribution in [1.29, 1.82) is 0 Å². The molecule has 1 atom stereocenters. The first-order chi connectivity index (χ1) is 11.7. The number of nitrogens with one attached hydrogen (secondary N) is 1. The Hall–Kier alpha value is -1.56. The molecule has 3 fully saturated rings. The highest BCUT2D eigenvalue weighted by Gasteiger charge is 2.36. The van der Waals surface area contributed by atoms with Crippen LogP contribution in [0.4, 0.5) is 10.5 Å². The van der Waals surface area contributed by atoms with E-state index in [9.17, 15) is 4.79 Å². The van der Waals surface area contributed by atoms with E-state index in [1.54, 1.807) is 11.3 Å². The Morgan fingerprint density at radius 1 is 1.24 bits per heavy atom. The molecule has 25 heavy (non-hydrogen) atoms. The lowest BCUT2D eigenvalue weighted by Gasteiger charge is -2.43. The lowest BCUT2D eigenvalue weighted by atomic mass is 9.86. The summed E-state index contributed by atoms with van der Waals surface area (Å²) in [6.45, 7) is 5.26. The van der Waals surface area contributed by atoms with Crippen LogP contribution in [0.2, 0.25) is 0 Å². The zero-order chi connectivity index (χ0) is 16.5. The van der Waals surface area contributed by atoms with Gasteiger partial charge in [0.25, 0.3) is 0 Å². The molecule has 5 rings (SSSR count). The van der Waals surface area contributed by atoms with E-state index >= 15 is 0 Å². The van der Waals surface area contributed by atoms with Crippen molar-refractivity contribution in [2.75, 3.05) is 25.0 Å². The maximum absolute atomic E-state index is 12.4. The van der Waals surface area contributed by atoms with Crippen molar-refractivity contribution < 1.29 is 9.53 Å². The molecule has 3 aliphatic heterocycles. The Bertz CT molecular complexity index is 741. The second kappa shape index (κ2) is 7.77. The third kappa shape index (κ3) is 3.84. The van der Waals surface area contributed by atoms with Gasteiger partial charge >= 0.3 is 6.09 Å². The number of benzene rings is 1. The zero-order valence-corrected chi connectivity index (χ0v) is 15.9. The molecule has 1 unspecified atom stereocenters. The predicted molar refractivity (Wildman–Crippen MR) is 105 cm³/mol. The highest BCUT2D eigenvalue weighted by Crippen LogP contribution is 2.36. The van der Waals surface area contributed by atoms with Gasteiger partial charge in [0.1, 0.15) is 6.10 Å². The van der Waals surface area contributed by atoms with Crippen LogP contribution < -0.4 is 5.32 Å². The van der Waals surface area contributed by atoms with Crippen LogP contribution in [0.25, 0.3) is 10.4 Å². The SMILES string of the molecule is Cc1ccccc1-c1sccc1NC(=O)OC1CN2CCC1CC2.Cl. The monoisotopic (exact) mass is 378 g/mol. The summed E-state index contributed by atoms with van der Waals surface area (Å²) in [6, 6.07) is 10.2.